The lowest BCUT2D eigenvalue weighted by Gasteiger charge is -2.22. The maximum Gasteiger partial charge on any atom is 0.134 e. The van der Waals surface area contributed by atoms with Crippen molar-refractivity contribution in [2.45, 2.75) is 45.4 Å². The normalized spacial score (nSPS) is 12.6. The maximum absolute atomic E-state index is 15.2. The van der Waals surface area contributed by atoms with Gasteiger partial charge in [0.15, 0.2) is 0 Å². The molecule has 0 radical (unpaired) electrons. The second-order valence-electron chi connectivity index (χ2n) is 7.41. The molecule has 0 spiro atoms. The molecule has 0 amide bonds. The van der Waals surface area contributed by atoms with Gasteiger partial charge >= 0.3 is 0 Å². The number of fused-ring (bicyclic) bond motifs is 3. The van der Waals surface area contributed by atoms with Gasteiger partial charge in [0, 0.05) is 5.56 Å². The largest absolute Gasteiger partial charge is 0.207 e. The van der Waals surface area contributed by atoms with Crippen molar-refractivity contribution in [1.29, 1.82) is 0 Å². The molecule has 3 aromatic rings. The maximum atomic E-state index is 15.2. The van der Waals surface area contributed by atoms with Gasteiger partial charge in [-0.1, -0.05) is 62.2 Å². The van der Waals surface area contributed by atoms with Crippen LogP contribution in [0.15, 0.2) is 54.6 Å². The summed E-state index contributed by atoms with van der Waals surface area (Å²) in [7, 11) is 0. The van der Waals surface area contributed by atoms with Crippen molar-refractivity contribution >= 4 is 0 Å². The molecular formula is C25H24F2. The Labute approximate surface area is 159 Å². The summed E-state index contributed by atoms with van der Waals surface area (Å²) in [6.07, 6.45) is 6.41. The summed E-state index contributed by atoms with van der Waals surface area (Å²) < 4.78 is 28.4. The monoisotopic (exact) mass is 362 g/mol. The molecule has 1 aliphatic carbocycles. The standard InChI is InChI=1S/C25H24F2/c1-2-3-4-5-17-6-12-21-19(16-17)9-13-24-23(21)15-14-22(25(24)27)18-7-10-20(26)11-8-18/h6-8,10-12,14-16H,2-5,9,13H2,1H3. The fourth-order valence-electron chi connectivity index (χ4n) is 4.08. The Balaban J connectivity index is 1.68. The molecule has 0 saturated heterocycles. The molecule has 2 heteroatoms. The first kappa shape index (κ1) is 17.9. The third-order valence-corrected chi connectivity index (χ3v) is 5.57. The van der Waals surface area contributed by atoms with E-state index in [2.05, 4.69) is 25.1 Å². The van der Waals surface area contributed by atoms with Gasteiger partial charge in [0.2, 0.25) is 0 Å². The van der Waals surface area contributed by atoms with Crippen LogP contribution in [0, 0.1) is 11.6 Å². The van der Waals surface area contributed by atoms with Crippen molar-refractivity contribution in [1.82, 2.24) is 0 Å². The van der Waals surface area contributed by atoms with Crippen LogP contribution in [0.4, 0.5) is 8.78 Å². The molecule has 27 heavy (non-hydrogen) atoms. The average Bonchev–Trinajstić information content (AvgIpc) is 2.69. The number of unbranched alkanes of at least 4 members (excludes halogenated alkanes) is 2. The molecule has 0 unspecified atom stereocenters. The predicted octanol–water partition coefficient (Wildman–Crippen LogP) is 7.13. The number of halogens is 2. The molecule has 4 rings (SSSR count). The Bertz CT molecular complexity index is 955. The van der Waals surface area contributed by atoms with Gasteiger partial charge in [0.05, 0.1) is 0 Å². The summed E-state index contributed by atoms with van der Waals surface area (Å²) in [5.41, 5.74) is 6.91. The van der Waals surface area contributed by atoms with E-state index < -0.39 is 0 Å². The van der Waals surface area contributed by atoms with Crippen molar-refractivity contribution in [2.24, 2.45) is 0 Å². The molecule has 3 aromatic carbocycles. The number of hydrogen-bond acceptors (Lipinski definition) is 0. The molecule has 0 heterocycles. The van der Waals surface area contributed by atoms with Crippen molar-refractivity contribution in [2.75, 3.05) is 0 Å². The lowest BCUT2D eigenvalue weighted by atomic mass is 9.82. The summed E-state index contributed by atoms with van der Waals surface area (Å²) in [5, 5.41) is 0. The summed E-state index contributed by atoms with van der Waals surface area (Å²) in [6, 6.07) is 16.5. The summed E-state index contributed by atoms with van der Waals surface area (Å²) in [4.78, 5) is 0. The summed E-state index contributed by atoms with van der Waals surface area (Å²) in [6.45, 7) is 2.22. The average molecular weight is 362 g/mol. The minimum Gasteiger partial charge on any atom is -0.207 e. The van der Waals surface area contributed by atoms with Crippen molar-refractivity contribution in [3.8, 4) is 22.3 Å². The predicted molar refractivity (Wildman–Crippen MR) is 108 cm³/mol. The highest BCUT2D eigenvalue weighted by Gasteiger charge is 2.21. The molecule has 0 fully saturated rings. The van der Waals surface area contributed by atoms with Gasteiger partial charge in [0.25, 0.3) is 0 Å². The van der Waals surface area contributed by atoms with Crippen LogP contribution in [0.2, 0.25) is 0 Å². The third-order valence-electron chi connectivity index (χ3n) is 5.57. The highest BCUT2D eigenvalue weighted by molar-refractivity contribution is 5.78. The Morgan fingerprint density at radius 1 is 0.778 bits per heavy atom. The minimum atomic E-state index is -0.305. The molecular weight excluding hydrogens is 338 g/mol. The van der Waals surface area contributed by atoms with Gasteiger partial charge in [-0.25, -0.2) is 8.78 Å². The van der Waals surface area contributed by atoms with E-state index in [1.54, 1.807) is 12.1 Å². The second kappa shape index (κ2) is 7.64. The van der Waals surface area contributed by atoms with Crippen LogP contribution < -0.4 is 0 Å². The van der Waals surface area contributed by atoms with Crippen LogP contribution in [-0.4, -0.2) is 0 Å². The van der Waals surface area contributed by atoms with Gasteiger partial charge in [-0.2, -0.15) is 0 Å². The molecule has 1 aliphatic rings. The first-order valence-electron chi connectivity index (χ1n) is 9.87. The molecule has 0 aliphatic heterocycles. The zero-order chi connectivity index (χ0) is 18.8. The Kier molecular flexibility index (Phi) is 5.07. The van der Waals surface area contributed by atoms with E-state index >= 15 is 4.39 Å². The van der Waals surface area contributed by atoms with Crippen molar-refractivity contribution in [3.05, 3.63) is 82.9 Å². The van der Waals surface area contributed by atoms with Gasteiger partial charge in [-0.05, 0) is 71.2 Å². The highest BCUT2D eigenvalue weighted by Crippen LogP contribution is 2.38. The molecule has 0 saturated carbocycles. The third kappa shape index (κ3) is 3.53. The number of aryl methyl sites for hydroxylation is 2. The molecule has 0 atom stereocenters. The molecule has 0 N–H and O–H groups in total. The molecule has 0 aromatic heterocycles. The van der Waals surface area contributed by atoms with E-state index in [9.17, 15) is 4.39 Å². The van der Waals surface area contributed by atoms with E-state index in [0.717, 1.165) is 29.5 Å². The van der Waals surface area contributed by atoms with E-state index in [-0.39, 0.29) is 11.6 Å². The van der Waals surface area contributed by atoms with E-state index in [1.165, 1.54) is 42.5 Å². The smallest absolute Gasteiger partial charge is 0.134 e. The van der Waals surface area contributed by atoms with Gasteiger partial charge in [0.1, 0.15) is 11.6 Å². The first-order valence-corrected chi connectivity index (χ1v) is 9.87. The Hall–Kier alpha value is -2.48. The Morgan fingerprint density at radius 3 is 2.30 bits per heavy atom. The van der Waals surface area contributed by atoms with Crippen molar-refractivity contribution in [3.63, 3.8) is 0 Å². The number of rotatable bonds is 5. The van der Waals surface area contributed by atoms with Crippen LogP contribution in [-0.2, 0) is 19.3 Å². The lowest BCUT2D eigenvalue weighted by Crippen LogP contribution is -2.08. The van der Waals surface area contributed by atoms with Crippen LogP contribution in [0.1, 0.15) is 42.9 Å². The fourth-order valence-corrected chi connectivity index (χ4v) is 4.08. The molecule has 138 valence electrons. The van der Waals surface area contributed by atoms with Crippen LogP contribution in [0.5, 0.6) is 0 Å². The van der Waals surface area contributed by atoms with Gasteiger partial charge in [-0.3, -0.25) is 0 Å². The summed E-state index contributed by atoms with van der Waals surface area (Å²) >= 11 is 0. The zero-order valence-electron chi connectivity index (χ0n) is 15.7. The lowest BCUT2D eigenvalue weighted by molar-refractivity contribution is 0.610. The van der Waals surface area contributed by atoms with E-state index in [1.807, 2.05) is 12.1 Å². The Morgan fingerprint density at radius 2 is 1.52 bits per heavy atom. The number of benzene rings is 3. The van der Waals surface area contributed by atoms with Gasteiger partial charge in [-0.15, -0.1) is 0 Å². The van der Waals surface area contributed by atoms with Crippen LogP contribution >= 0.6 is 0 Å². The SMILES string of the molecule is CCCCCc1ccc2c(c1)CCc1c-2ccc(-c2ccc(F)cc2)c1F. The van der Waals surface area contributed by atoms with E-state index in [0.29, 0.717) is 17.5 Å². The first-order chi connectivity index (χ1) is 13.2. The molecule has 0 nitrogen and oxygen atoms in total. The topological polar surface area (TPSA) is 0 Å². The number of hydrogen-bond donors (Lipinski definition) is 0. The van der Waals surface area contributed by atoms with Crippen LogP contribution in [0.25, 0.3) is 22.3 Å². The van der Waals surface area contributed by atoms with Crippen LogP contribution in [0.3, 0.4) is 0 Å². The van der Waals surface area contributed by atoms with Gasteiger partial charge < -0.3 is 0 Å². The minimum absolute atomic E-state index is 0.170. The van der Waals surface area contributed by atoms with E-state index in [4.69, 9.17) is 0 Å². The highest BCUT2D eigenvalue weighted by atomic mass is 19.1. The molecule has 0 bridgehead atoms. The quantitative estimate of drug-likeness (QED) is 0.424. The second-order valence-corrected chi connectivity index (χ2v) is 7.41. The summed E-state index contributed by atoms with van der Waals surface area (Å²) in [5.74, 6) is -0.474. The zero-order valence-corrected chi connectivity index (χ0v) is 15.7. The fraction of sp³-hybridized carbons (Fsp3) is 0.280. The van der Waals surface area contributed by atoms with Crippen molar-refractivity contribution < 1.29 is 8.78 Å².